The molecule has 4 heteroatoms. The zero-order valence-electron chi connectivity index (χ0n) is 20.7. The van der Waals surface area contributed by atoms with Crippen LogP contribution in [-0.4, -0.2) is 63.3 Å². The van der Waals surface area contributed by atoms with Crippen LogP contribution in [0, 0.1) is 0 Å². The van der Waals surface area contributed by atoms with E-state index in [2.05, 4.69) is 47.8 Å². The highest BCUT2D eigenvalue weighted by Crippen LogP contribution is 2.14. The zero-order valence-corrected chi connectivity index (χ0v) is 22.2. The topological polar surface area (TPSA) is 0 Å². The summed E-state index contributed by atoms with van der Waals surface area (Å²) >= 11 is 0. The molecular formula is C25H54Cl2N2. The number of hydrogen-bond donors (Lipinski definition) is 0. The van der Waals surface area contributed by atoms with E-state index in [1.54, 1.807) is 0 Å². The molecule has 0 aromatic heterocycles. The number of quaternary nitrogens is 2. The minimum Gasteiger partial charge on any atom is -1.00 e. The van der Waals surface area contributed by atoms with Gasteiger partial charge >= 0.3 is 0 Å². The fraction of sp³-hybridized carbons (Fsp3) is 0.920. The first-order valence-corrected chi connectivity index (χ1v) is 12.1. The van der Waals surface area contributed by atoms with Gasteiger partial charge in [-0.2, -0.15) is 0 Å². The summed E-state index contributed by atoms with van der Waals surface area (Å²) < 4.78 is 2.28. The Balaban J connectivity index is -0.00000338. The van der Waals surface area contributed by atoms with Gasteiger partial charge in [0.25, 0.3) is 0 Å². The first-order chi connectivity index (χ1) is 12.8. The highest BCUT2D eigenvalue weighted by molar-refractivity contribution is 4.65. The van der Waals surface area contributed by atoms with Gasteiger partial charge in [-0.25, -0.2) is 0 Å². The van der Waals surface area contributed by atoms with E-state index in [4.69, 9.17) is 0 Å². The quantitative estimate of drug-likeness (QED) is 0.145. The lowest BCUT2D eigenvalue weighted by atomic mass is 10.0. The Labute approximate surface area is 197 Å². The van der Waals surface area contributed by atoms with Crippen molar-refractivity contribution in [3.05, 3.63) is 12.7 Å². The van der Waals surface area contributed by atoms with Gasteiger partial charge in [-0.3, -0.25) is 0 Å². The molecule has 0 saturated heterocycles. The number of likely N-dealkylation sites (N-methyl/N-ethyl adjacent to an activating group) is 1. The number of hydrogen-bond acceptors (Lipinski definition) is 0. The predicted octanol–water partition coefficient (Wildman–Crippen LogP) is 0.815. The summed E-state index contributed by atoms with van der Waals surface area (Å²) in [6, 6.07) is 0. The van der Waals surface area contributed by atoms with Crippen LogP contribution < -0.4 is 24.8 Å². The summed E-state index contributed by atoms with van der Waals surface area (Å²) in [5.41, 5.74) is 0. The Morgan fingerprint density at radius 1 is 0.552 bits per heavy atom. The van der Waals surface area contributed by atoms with Crippen LogP contribution in [0.2, 0.25) is 0 Å². The van der Waals surface area contributed by atoms with Crippen LogP contribution in [0.25, 0.3) is 0 Å². The third kappa shape index (κ3) is 24.4. The fourth-order valence-corrected chi connectivity index (χ4v) is 4.02. The molecule has 0 aromatic carbocycles. The van der Waals surface area contributed by atoms with E-state index >= 15 is 0 Å². The molecule has 0 aliphatic rings. The summed E-state index contributed by atoms with van der Waals surface area (Å²) in [4.78, 5) is 0. The third-order valence-corrected chi connectivity index (χ3v) is 5.90. The summed E-state index contributed by atoms with van der Waals surface area (Å²) in [7, 11) is 9.32. The van der Waals surface area contributed by atoms with E-state index in [1.807, 2.05) is 0 Å². The van der Waals surface area contributed by atoms with Crippen molar-refractivity contribution in [2.75, 3.05) is 54.4 Å². The van der Waals surface area contributed by atoms with Gasteiger partial charge < -0.3 is 33.8 Å². The molecule has 1 unspecified atom stereocenters. The minimum atomic E-state index is 0. The van der Waals surface area contributed by atoms with Crippen LogP contribution in [0.5, 0.6) is 0 Å². The summed E-state index contributed by atoms with van der Waals surface area (Å²) in [6.07, 6.45) is 22.0. The lowest BCUT2D eigenvalue weighted by molar-refractivity contribution is -0.905. The molecule has 0 aromatic rings. The van der Waals surface area contributed by atoms with E-state index in [-0.39, 0.29) is 24.8 Å². The van der Waals surface area contributed by atoms with E-state index in [0.717, 1.165) is 11.0 Å². The molecular weight excluding hydrogens is 399 g/mol. The van der Waals surface area contributed by atoms with Crippen molar-refractivity contribution in [3.8, 4) is 0 Å². The molecule has 0 aliphatic carbocycles. The molecule has 2 nitrogen and oxygen atoms in total. The lowest BCUT2D eigenvalue weighted by Crippen LogP contribution is -3.00. The standard InChI is InChI=1S/C25H54N2.2ClH/c1-7-9-10-11-12-13-14-15-16-17-18-19-24-27(6,22-8-2)25-21-20-23-26(3,4)5;;/h8H,2,7,9-25H2,1,3-6H3;2*1H/q+2;;/p-2. The van der Waals surface area contributed by atoms with Gasteiger partial charge in [0, 0.05) is 12.8 Å². The molecule has 0 rings (SSSR count). The van der Waals surface area contributed by atoms with Gasteiger partial charge in [0.1, 0.15) is 0 Å². The van der Waals surface area contributed by atoms with E-state index in [9.17, 15) is 0 Å². The molecule has 178 valence electrons. The van der Waals surface area contributed by atoms with Gasteiger partial charge in [0.05, 0.1) is 54.4 Å². The maximum atomic E-state index is 4.00. The second kappa shape index (κ2) is 21.5. The molecule has 0 fully saturated rings. The summed E-state index contributed by atoms with van der Waals surface area (Å²) in [5, 5.41) is 0. The highest BCUT2D eigenvalue weighted by atomic mass is 35.5. The molecule has 0 spiro atoms. The molecule has 1 atom stereocenters. The number of rotatable bonds is 20. The van der Waals surface area contributed by atoms with Crippen LogP contribution >= 0.6 is 0 Å². The Kier molecular flexibility index (Phi) is 25.1. The van der Waals surface area contributed by atoms with Crippen molar-refractivity contribution in [1.82, 2.24) is 0 Å². The molecule has 0 bridgehead atoms. The number of unbranched alkanes of at least 4 members (excludes halogenated alkanes) is 12. The second-order valence-corrected chi connectivity index (χ2v) is 10.1. The number of nitrogens with zero attached hydrogens (tertiary/aromatic N) is 2. The summed E-state index contributed by atoms with van der Waals surface area (Å²) in [5.74, 6) is 0. The highest BCUT2D eigenvalue weighted by Gasteiger charge is 2.19. The Hall–Kier alpha value is 0.240. The maximum absolute atomic E-state index is 4.00. The van der Waals surface area contributed by atoms with Crippen LogP contribution in [0.15, 0.2) is 12.7 Å². The van der Waals surface area contributed by atoms with Gasteiger partial charge in [-0.05, 0) is 18.9 Å². The SMILES string of the molecule is C=CC[N+](C)(CCCCCCCCCCCCCC)CCCC[N+](C)(C)C.[Cl-].[Cl-]. The van der Waals surface area contributed by atoms with Crippen LogP contribution in [0.4, 0.5) is 0 Å². The van der Waals surface area contributed by atoms with Crippen LogP contribution in [0.1, 0.15) is 96.8 Å². The van der Waals surface area contributed by atoms with Crippen molar-refractivity contribution in [1.29, 1.82) is 0 Å². The normalized spacial score (nSPS) is 13.3. The Morgan fingerprint density at radius 2 is 0.897 bits per heavy atom. The van der Waals surface area contributed by atoms with Crippen molar-refractivity contribution in [2.45, 2.75) is 96.8 Å². The van der Waals surface area contributed by atoms with Gasteiger partial charge in [0.2, 0.25) is 0 Å². The molecule has 29 heavy (non-hydrogen) atoms. The Bertz CT molecular complexity index is 342. The molecule has 0 amide bonds. The van der Waals surface area contributed by atoms with E-state index < -0.39 is 0 Å². The third-order valence-electron chi connectivity index (χ3n) is 5.90. The second-order valence-electron chi connectivity index (χ2n) is 10.1. The zero-order chi connectivity index (χ0) is 20.4. The molecule has 0 aliphatic heterocycles. The van der Waals surface area contributed by atoms with Gasteiger partial charge in [-0.1, -0.05) is 77.7 Å². The predicted molar refractivity (Wildman–Crippen MR) is 124 cm³/mol. The smallest absolute Gasteiger partial charge is 0.0969 e. The Morgan fingerprint density at radius 3 is 1.28 bits per heavy atom. The largest absolute Gasteiger partial charge is 1.00 e. The van der Waals surface area contributed by atoms with E-state index in [1.165, 1.54) is 114 Å². The summed E-state index contributed by atoms with van der Waals surface area (Å²) in [6.45, 7) is 11.3. The minimum absolute atomic E-state index is 0. The first kappa shape index (κ1) is 33.9. The number of halogens is 2. The van der Waals surface area contributed by atoms with Crippen molar-refractivity contribution in [3.63, 3.8) is 0 Å². The van der Waals surface area contributed by atoms with Gasteiger partial charge in [0.15, 0.2) is 0 Å². The monoisotopic (exact) mass is 452 g/mol. The van der Waals surface area contributed by atoms with Crippen LogP contribution in [-0.2, 0) is 0 Å². The average Bonchev–Trinajstić information content (AvgIpc) is 2.59. The average molecular weight is 454 g/mol. The first-order valence-electron chi connectivity index (χ1n) is 12.1. The van der Waals surface area contributed by atoms with E-state index in [0.29, 0.717) is 0 Å². The van der Waals surface area contributed by atoms with Crippen LogP contribution in [0.3, 0.4) is 0 Å². The molecule has 0 heterocycles. The molecule has 0 saturated carbocycles. The van der Waals surface area contributed by atoms with Crippen molar-refractivity contribution in [2.24, 2.45) is 0 Å². The van der Waals surface area contributed by atoms with Crippen molar-refractivity contribution < 1.29 is 33.8 Å². The molecule has 0 radical (unpaired) electrons. The maximum Gasteiger partial charge on any atom is 0.0969 e. The lowest BCUT2D eigenvalue weighted by Gasteiger charge is -2.34. The fourth-order valence-electron chi connectivity index (χ4n) is 4.02. The molecule has 0 N–H and O–H groups in total. The van der Waals surface area contributed by atoms with Gasteiger partial charge in [-0.15, -0.1) is 0 Å². The van der Waals surface area contributed by atoms with Crippen molar-refractivity contribution >= 4 is 0 Å².